The minimum absolute atomic E-state index is 0.000231. The van der Waals surface area contributed by atoms with Crippen LogP contribution < -0.4 is 4.74 Å². The Kier molecular flexibility index (Phi) is 4.34. The molecule has 2 atom stereocenters. The Morgan fingerprint density at radius 1 is 1.18 bits per heavy atom. The van der Waals surface area contributed by atoms with Gasteiger partial charge in [0.1, 0.15) is 11.9 Å². The molecule has 0 saturated carbocycles. The maximum Gasteiger partial charge on any atom is 0.303 e. The van der Waals surface area contributed by atoms with E-state index < -0.39 is 5.97 Å². The Morgan fingerprint density at radius 3 is 2.64 bits per heavy atom. The highest BCUT2D eigenvalue weighted by Crippen LogP contribution is 2.38. The van der Waals surface area contributed by atoms with Gasteiger partial charge in [-0.15, -0.1) is 0 Å². The average Bonchev–Trinajstić information content (AvgIpc) is 2.49. The maximum atomic E-state index is 11.1. The first-order valence-corrected chi connectivity index (χ1v) is 7.71. The van der Waals surface area contributed by atoms with Crippen molar-refractivity contribution < 1.29 is 14.6 Å². The smallest absolute Gasteiger partial charge is 0.303 e. The highest BCUT2D eigenvalue weighted by molar-refractivity contribution is 6.30. The number of para-hydroxylation sites is 1. The number of aliphatic carboxylic acids is 1. The molecule has 1 heterocycles. The van der Waals surface area contributed by atoms with Crippen molar-refractivity contribution in [2.75, 3.05) is 0 Å². The topological polar surface area (TPSA) is 46.5 Å². The van der Waals surface area contributed by atoms with Crippen molar-refractivity contribution in [3.8, 4) is 5.75 Å². The predicted octanol–water partition coefficient (Wildman–Crippen LogP) is 4.29. The van der Waals surface area contributed by atoms with Crippen molar-refractivity contribution in [2.45, 2.75) is 31.3 Å². The van der Waals surface area contributed by atoms with Crippen LogP contribution >= 0.6 is 11.6 Å². The van der Waals surface area contributed by atoms with Gasteiger partial charge < -0.3 is 9.84 Å². The number of halogens is 1. The fourth-order valence-electron chi connectivity index (χ4n) is 3.01. The van der Waals surface area contributed by atoms with Crippen molar-refractivity contribution in [3.05, 3.63) is 64.7 Å². The number of rotatable bonds is 4. The van der Waals surface area contributed by atoms with Crippen LogP contribution in [-0.2, 0) is 11.2 Å². The molecule has 1 aliphatic heterocycles. The minimum Gasteiger partial charge on any atom is -0.490 e. The number of carboxylic acids is 1. The van der Waals surface area contributed by atoms with Crippen LogP contribution in [0, 0.1) is 0 Å². The third-order valence-corrected chi connectivity index (χ3v) is 4.25. The first-order valence-electron chi connectivity index (χ1n) is 7.33. The first-order chi connectivity index (χ1) is 10.6. The summed E-state index contributed by atoms with van der Waals surface area (Å²) in [6.07, 6.45) is 1.59. The molecule has 3 rings (SSSR count). The molecule has 0 aliphatic carbocycles. The van der Waals surface area contributed by atoms with Crippen LogP contribution in [0.15, 0.2) is 48.5 Å². The number of hydrogen-bond acceptors (Lipinski definition) is 2. The summed E-state index contributed by atoms with van der Waals surface area (Å²) in [5.74, 6) is 0.0330. The standard InChI is InChI=1S/C18H17ClO3/c19-14-7-5-12(6-8-14)9-15-10-13(11-18(20)21)16-3-1-2-4-17(16)22-15/h1-8,13,15H,9-11H2,(H,20,21)/t13?,15-/m0/s1. The summed E-state index contributed by atoms with van der Waals surface area (Å²) < 4.78 is 6.05. The van der Waals surface area contributed by atoms with Gasteiger partial charge in [0.05, 0.1) is 6.42 Å². The van der Waals surface area contributed by atoms with Crippen molar-refractivity contribution in [2.24, 2.45) is 0 Å². The molecule has 0 aromatic heterocycles. The summed E-state index contributed by atoms with van der Waals surface area (Å²) in [5.41, 5.74) is 2.14. The predicted molar refractivity (Wildman–Crippen MR) is 85.6 cm³/mol. The second kappa shape index (κ2) is 6.41. The average molecular weight is 317 g/mol. The SMILES string of the molecule is O=C(O)CC1C[C@H](Cc2ccc(Cl)cc2)Oc2ccccc21. The lowest BCUT2D eigenvalue weighted by molar-refractivity contribution is -0.137. The normalized spacial score (nSPS) is 20.0. The Balaban J connectivity index is 1.80. The zero-order chi connectivity index (χ0) is 15.5. The summed E-state index contributed by atoms with van der Waals surface area (Å²) in [6, 6.07) is 15.4. The van der Waals surface area contributed by atoms with E-state index in [9.17, 15) is 4.79 Å². The fraction of sp³-hybridized carbons (Fsp3) is 0.278. The van der Waals surface area contributed by atoms with Crippen molar-refractivity contribution in [1.82, 2.24) is 0 Å². The number of benzene rings is 2. The highest BCUT2D eigenvalue weighted by Gasteiger charge is 2.29. The van der Waals surface area contributed by atoms with E-state index in [0.29, 0.717) is 11.4 Å². The number of carbonyl (C=O) groups is 1. The lowest BCUT2D eigenvalue weighted by Gasteiger charge is -2.31. The van der Waals surface area contributed by atoms with E-state index in [1.807, 2.05) is 48.5 Å². The molecule has 1 N–H and O–H groups in total. The second-order valence-electron chi connectivity index (χ2n) is 5.64. The van der Waals surface area contributed by atoms with Gasteiger partial charge in [0.15, 0.2) is 0 Å². The summed E-state index contributed by atoms with van der Waals surface area (Å²) in [6.45, 7) is 0. The van der Waals surface area contributed by atoms with Gasteiger partial charge in [0.25, 0.3) is 0 Å². The summed E-state index contributed by atoms with van der Waals surface area (Å²) in [4.78, 5) is 11.1. The van der Waals surface area contributed by atoms with E-state index in [4.69, 9.17) is 21.4 Å². The molecular formula is C18H17ClO3. The first kappa shape index (κ1) is 14.9. The van der Waals surface area contributed by atoms with E-state index in [1.54, 1.807) is 0 Å². The van der Waals surface area contributed by atoms with Crippen LogP contribution in [0.1, 0.15) is 29.9 Å². The van der Waals surface area contributed by atoms with E-state index in [0.717, 1.165) is 23.3 Å². The van der Waals surface area contributed by atoms with Crippen LogP contribution in [0.3, 0.4) is 0 Å². The Hall–Kier alpha value is -2.00. The largest absolute Gasteiger partial charge is 0.490 e. The summed E-state index contributed by atoms with van der Waals surface area (Å²) in [7, 11) is 0. The number of fused-ring (bicyclic) bond motifs is 1. The number of hydrogen-bond donors (Lipinski definition) is 1. The Morgan fingerprint density at radius 2 is 1.91 bits per heavy atom. The van der Waals surface area contributed by atoms with E-state index in [2.05, 4.69) is 0 Å². The zero-order valence-corrected chi connectivity index (χ0v) is 12.8. The third-order valence-electron chi connectivity index (χ3n) is 4.00. The van der Waals surface area contributed by atoms with E-state index >= 15 is 0 Å². The lowest BCUT2D eigenvalue weighted by atomic mass is 9.85. The van der Waals surface area contributed by atoms with Crippen LogP contribution in [0.25, 0.3) is 0 Å². The molecule has 0 fully saturated rings. The van der Waals surface area contributed by atoms with Crippen LogP contribution in [0.2, 0.25) is 5.02 Å². The molecule has 1 aliphatic rings. The number of carboxylic acid groups (broad SMARTS) is 1. The zero-order valence-electron chi connectivity index (χ0n) is 12.0. The maximum absolute atomic E-state index is 11.1. The molecule has 2 aromatic rings. The molecule has 2 aromatic carbocycles. The van der Waals surface area contributed by atoms with Crippen LogP contribution in [-0.4, -0.2) is 17.2 Å². The van der Waals surface area contributed by atoms with Gasteiger partial charge in [0.2, 0.25) is 0 Å². The van der Waals surface area contributed by atoms with E-state index in [-0.39, 0.29) is 18.4 Å². The molecule has 1 unspecified atom stereocenters. The molecule has 4 heteroatoms. The molecule has 0 amide bonds. The van der Waals surface area contributed by atoms with Gasteiger partial charge in [-0.3, -0.25) is 4.79 Å². The van der Waals surface area contributed by atoms with Crippen LogP contribution in [0.4, 0.5) is 0 Å². The molecule has 0 saturated heterocycles. The molecule has 0 radical (unpaired) electrons. The van der Waals surface area contributed by atoms with Gasteiger partial charge in [-0.05, 0) is 35.7 Å². The second-order valence-corrected chi connectivity index (χ2v) is 6.08. The minimum atomic E-state index is -0.771. The van der Waals surface area contributed by atoms with Gasteiger partial charge in [-0.25, -0.2) is 0 Å². The van der Waals surface area contributed by atoms with Gasteiger partial charge in [0, 0.05) is 17.4 Å². The van der Waals surface area contributed by atoms with Gasteiger partial charge >= 0.3 is 5.97 Å². The van der Waals surface area contributed by atoms with Crippen molar-refractivity contribution in [1.29, 1.82) is 0 Å². The molecule has 3 nitrogen and oxygen atoms in total. The van der Waals surface area contributed by atoms with Crippen molar-refractivity contribution >= 4 is 17.6 Å². The summed E-state index contributed by atoms with van der Waals surface area (Å²) in [5, 5.41) is 9.85. The van der Waals surface area contributed by atoms with E-state index in [1.165, 1.54) is 0 Å². The number of ether oxygens (including phenoxy) is 1. The molecule has 0 spiro atoms. The lowest BCUT2D eigenvalue weighted by Crippen LogP contribution is -2.28. The quantitative estimate of drug-likeness (QED) is 0.915. The van der Waals surface area contributed by atoms with Crippen molar-refractivity contribution in [3.63, 3.8) is 0 Å². The molecule has 22 heavy (non-hydrogen) atoms. The highest BCUT2D eigenvalue weighted by atomic mass is 35.5. The third kappa shape index (κ3) is 3.42. The molecule has 114 valence electrons. The fourth-order valence-corrected chi connectivity index (χ4v) is 3.14. The molecule has 0 bridgehead atoms. The van der Waals surface area contributed by atoms with Crippen LogP contribution in [0.5, 0.6) is 5.75 Å². The van der Waals surface area contributed by atoms with Gasteiger partial charge in [-0.2, -0.15) is 0 Å². The Bertz CT molecular complexity index is 666. The van der Waals surface area contributed by atoms with Gasteiger partial charge in [-0.1, -0.05) is 41.9 Å². The monoisotopic (exact) mass is 316 g/mol. The Labute approximate surface area is 134 Å². The summed E-state index contributed by atoms with van der Waals surface area (Å²) >= 11 is 5.91. The molecular weight excluding hydrogens is 300 g/mol.